The molecule has 0 radical (unpaired) electrons. The highest BCUT2D eigenvalue weighted by molar-refractivity contribution is 5.73. The van der Waals surface area contributed by atoms with Crippen LogP contribution in [0.5, 0.6) is 0 Å². The molecule has 1 aromatic heterocycles. The van der Waals surface area contributed by atoms with Gasteiger partial charge >= 0.3 is 12.0 Å². The first-order valence-electron chi connectivity index (χ1n) is 7.27. The fourth-order valence-corrected chi connectivity index (χ4v) is 2.64. The van der Waals surface area contributed by atoms with Gasteiger partial charge in [0, 0.05) is 26.0 Å². The molecule has 0 aliphatic heterocycles. The van der Waals surface area contributed by atoms with Crippen molar-refractivity contribution in [3.8, 4) is 0 Å². The summed E-state index contributed by atoms with van der Waals surface area (Å²) in [4.78, 5) is 26.7. The molecule has 7 heteroatoms. The number of imidazole rings is 1. The molecule has 0 saturated heterocycles. The van der Waals surface area contributed by atoms with Crippen LogP contribution in [0.1, 0.15) is 31.5 Å². The third-order valence-corrected chi connectivity index (χ3v) is 4.08. The molecule has 0 aromatic carbocycles. The van der Waals surface area contributed by atoms with Gasteiger partial charge in [-0.1, -0.05) is 0 Å². The van der Waals surface area contributed by atoms with E-state index in [2.05, 4.69) is 15.6 Å². The van der Waals surface area contributed by atoms with Gasteiger partial charge in [0.25, 0.3) is 0 Å². The number of hydrogen-bond acceptors (Lipinski definition) is 3. The Balaban J connectivity index is 1.63. The van der Waals surface area contributed by atoms with Crippen LogP contribution >= 0.6 is 0 Å². The van der Waals surface area contributed by atoms with Crippen molar-refractivity contribution in [2.75, 3.05) is 6.54 Å². The summed E-state index contributed by atoms with van der Waals surface area (Å²) in [5, 5.41) is 14.5. The largest absolute Gasteiger partial charge is 0.481 e. The van der Waals surface area contributed by atoms with Gasteiger partial charge in [0.2, 0.25) is 0 Å². The number of carboxylic acid groups (broad SMARTS) is 1. The predicted octanol–water partition coefficient (Wildman–Crippen LogP) is 1.11. The van der Waals surface area contributed by atoms with E-state index in [9.17, 15) is 9.59 Å². The first kappa shape index (κ1) is 15.3. The fraction of sp³-hybridized carbons (Fsp3) is 0.643. The molecular formula is C14H22N4O3. The van der Waals surface area contributed by atoms with E-state index in [4.69, 9.17) is 5.11 Å². The van der Waals surface area contributed by atoms with Gasteiger partial charge in [-0.25, -0.2) is 9.78 Å². The topological polar surface area (TPSA) is 96.3 Å². The molecule has 0 bridgehead atoms. The highest BCUT2D eigenvalue weighted by Gasteiger charge is 2.25. The molecule has 1 aliphatic carbocycles. The minimum absolute atomic E-state index is 0.210. The molecule has 1 heterocycles. The van der Waals surface area contributed by atoms with Crippen LogP contribution in [0, 0.1) is 11.8 Å². The number of nitrogens with zero attached hydrogens (tertiary/aromatic N) is 2. The van der Waals surface area contributed by atoms with Gasteiger partial charge in [-0.15, -0.1) is 0 Å². The summed E-state index contributed by atoms with van der Waals surface area (Å²) in [6.07, 6.45) is 6.64. The molecule has 2 amide bonds. The van der Waals surface area contributed by atoms with Crippen LogP contribution in [0.4, 0.5) is 4.79 Å². The Morgan fingerprint density at radius 1 is 1.33 bits per heavy atom. The van der Waals surface area contributed by atoms with E-state index < -0.39 is 5.97 Å². The summed E-state index contributed by atoms with van der Waals surface area (Å²) >= 11 is 0. The molecule has 0 spiro atoms. The molecule has 3 N–H and O–H groups in total. The number of carbonyl (C=O) groups excluding carboxylic acids is 1. The zero-order chi connectivity index (χ0) is 15.2. The van der Waals surface area contributed by atoms with Crippen molar-refractivity contribution in [3.05, 3.63) is 18.2 Å². The molecule has 1 aromatic rings. The molecule has 0 unspecified atom stereocenters. The van der Waals surface area contributed by atoms with E-state index in [1.807, 2.05) is 17.8 Å². The molecule has 116 valence electrons. The quantitative estimate of drug-likeness (QED) is 0.758. The van der Waals surface area contributed by atoms with Crippen LogP contribution < -0.4 is 10.6 Å². The Labute approximate surface area is 123 Å². The second-order valence-corrected chi connectivity index (χ2v) is 5.57. The monoisotopic (exact) mass is 294 g/mol. The van der Waals surface area contributed by atoms with Gasteiger partial charge in [0.15, 0.2) is 0 Å². The molecule has 1 aliphatic rings. The van der Waals surface area contributed by atoms with Crippen LogP contribution in [-0.4, -0.2) is 33.2 Å². The maximum atomic E-state index is 11.7. The molecule has 2 rings (SSSR count). The standard InChI is InChI=1S/C14H22N4O3/c1-18-7-6-15-12(18)9-17-14(21)16-8-10-2-4-11(5-3-10)13(19)20/h6-7,10-11H,2-5,8-9H2,1H3,(H,19,20)(H2,16,17,21). The number of hydrogen-bond donors (Lipinski definition) is 3. The van der Waals surface area contributed by atoms with E-state index in [0.29, 0.717) is 31.8 Å². The maximum absolute atomic E-state index is 11.7. The van der Waals surface area contributed by atoms with Crippen molar-refractivity contribution in [1.82, 2.24) is 20.2 Å². The van der Waals surface area contributed by atoms with E-state index in [-0.39, 0.29) is 11.9 Å². The smallest absolute Gasteiger partial charge is 0.315 e. The number of nitrogens with one attached hydrogen (secondary N) is 2. The Hall–Kier alpha value is -2.05. The average Bonchev–Trinajstić information content (AvgIpc) is 2.88. The van der Waals surface area contributed by atoms with E-state index >= 15 is 0 Å². The summed E-state index contributed by atoms with van der Waals surface area (Å²) in [7, 11) is 1.88. The number of amides is 2. The highest BCUT2D eigenvalue weighted by atomic mass is 16.4. The minimum atomic E-state index is -0.700. The molecule has 7 nitrogen and oxygen atoms in total. The lowest BCUT2D eigenvalue weighted by Gasteiger charge is -2.26. The van der Waals surface area contributed by atoms with Crippen LogP contribution in [0.15, 0.2) is 12.4 Å². The number of carboxylic acids is 1. The zero-order valence-corrected chi connectivity index (χ0v) is 12.2. The fourth-order valence-electron chi connectivity index (χ4n) is 2.64. The SMILES string of the molecule is Cn1ccnc1CNC(=O)NCC1CCC(C(=O)O)CC1. The lowest BCUT2D eigenvalue weighted by atomic mass is 9.82. The Morgan fingerprint density at radius 2 is 2.05 bits per heavy atom. The molecule has 1 fully saturated rings. The van der Waals surface area contributed by atoms with E-state index in [1.165, 1.54) is 0 Å². The van der Waals surface area contributed by atoms with Crippen LogP contribution in [0.2, 0.25) is 0 Å². The Kier molecular flexibility index (Phi) is 5.19. The number of aliphatic carboxylic acids is 1. The summed E-state index contributed by atoms with van der Waals surface area (Å²) in [5.74, 6) is 0.263. The lowest BCUT2D eigenvalue weighted by Crippen LogP contribution is -2.39. The van der Waals surface area contributed by atoms with Gasteiger partial charge in [-0.05, 0) is 31.6 Å². The van der Waals surface area contributed by atoms with E-state index in [0.717, 1.165) is 18.7 Å². The number of rotatable bonds is 5. The predicted molar refractivity (Wildman–Crippen MR) is 76.5 cm³/mol. The van der Waals surface area contributed by atoms with Gasteiger partial charge in [0.1, 0.15) is 5.82 Å². The molecule has 1 saturated carbocycles. The van der Waals surface area contributed by atoms with Crippen LogP contribution in [0.25, 0.3) is 0 Å². The number of carbonyl (C=O) groups is 2. The summed E-state index contributed by atoms with van der Waals surface area (Å²) in [5.41, 5.74) is 0. The van der Waals surface area contributed by atoms with Crippen molar-refractivity contribution >= 4 is 12.0 Å². The highest BCUT2D eigenvalue weighted by Crippen LogP contribution is 2.28. The van der Waals surface area contributed by atoms with Gasteiger partial charge in [-0.3, -0.25) is 4.79 Å². The molecule has 0 atom stereocenters. The summed E-state index contributed by atoms with van der Waals surface area (Å²) in [6.45, 7) is 0.986. The second kappa shape index (κ2) is 7.10. The zero-order valence-electron chi connectivity index (χ0n) is 12.2. The van der Waals surface area contributed by atoms with Crippen molar-refractivity contribution in [3.63, 3.8) is 0 Å². The normalized spacial score (nSPS) is 21.8. The summed E-state index contributed by atoms with van der Waals surface area (Å²) < 4.78 is 1.85. The minimum Gasteiger partial charge on any atom is -0.481 e. The maximum Gasteiger partial charge on any atom is 0.315 e. The van der Waals surface area contributed by atoms with Crippen molar-refractivity contribution in [2.45, 2.75) is 32.2 Å². The third-order valence-electron chi connectivity index (χ3n) is 4.08. The van der Waals surface area contributed by atoms with Gasteiger partial charge in [-0.2, -0.15) is 0 Å². The van der Waals surface area contributed by atoms with Crippen LogP contribution in [0.3, 0.4) is 0 Å². The van der Waals surface area contributed by atoms with Gasteiger partial charge in [0.05, 0.1) is 12.5 Å². The summed E-state index contributed by atoms with van der Waals surface area (Å²) in [6, 6.07) is -0.210. The second-order valence-electron chi connectivity index (χ2n) is 5.57. The Bertz CT molecular complexity index is 492. The van der Waals surface area contributed by atoms with E-state index in [1.54, 1.807) is 6.20 Å². The van der Waals surface area contributed by atoms with Crippen molar-refractivity contribution in [1.29, 1.82) is 0 Å². The number of aromatic nitrogens is 2. The Morgan fingerprint density at radius 3 is 2.62 bits per heavy atom. The lowest BCUT2D eigenvalue weighted by molar-refractivity contribution is -0.143. The molecular weight excluding hydrogens is 272 g/mol. The van der Waals surface area contributed by atoms with Crippen molar-refractivity contribution < 1.29 is 14.7 Å². The first-order chi connectivity index (χ1) is 10.1. The average molecular weight is 294 g/mol. The number of aryl methyl sites for hydroxylation is 1. The van der Waals surface area contributed by atoms with Crippen molar-refractivity contribution in [2.24, 2.45) is 18.9 Å². The number of urea groups is 1. The van der Waals surface area contributed by atoms with Crippen LogP contribution in [-0.2, 0) is 18.4 Å². The van der Waals surface area contributed by atoms with Gasteiger partial charge < -0.3 is 20.3 Å². The first-order valence-corrected chi connectivity index (χ1v) is 7.27. The molecule has 21 heavy (non-hydrogen) atoms. The third kappa shape index (κ3) is 4.47.